The highest BCUT2D eigenvalue weighted by Crippen LogP contribution is 2.17. The van der Waals surface area contributed by atoms with E-state index >= 15 is 0 Å². The van der Waals surface area contributed by atoms with Crippen molar-refractivity contribution in [3.05, 3.63) is 35.4 Å². The number of primary amides is 1. The Labute approximate surface area is 117 Å². The largest absolute Gasteiger partial charge is 0.394 e. The van der Waals surface area contributed by atoms with Gasteiger partial charge in [0.05, 0.1) is 24.7 Å². The third-order valence-corrected chi connectivity index (χ3v) is 3.21. The molecule has 1 atom stereocenters. The van der Waals surface area contributed by atoms with Gasteiger partial charge >= 0.3 is 0 Å². The fourth-order valence-corrected chi connectivity index (χ4v) is 1.62. The monoisotopic (exact) mass is 280 g/mol. The van der Waals surface area contributed by atoms with Gasteiger partial charge in [-0.15, -0.1) is 0 Å². The Bertz CT molecular complexity index is 480. The van der Waals surface area contributed by atoms with Crippen LogP contribution in [0, 0.1) is 0 Å². The number of amides is 2. The molecule has 0 aliphatic heterocycles. The van der Waals surface area contributed by atoms with Crippen LogP contribution in [0.5, 0.6) is 0 Å². The average Bonchev–Trinajstić information content (AvgIpc) is 2.46. The Balaban J connectivity index is 2.81. The maximum atomic E-state index is 12.1. The predicted octanol–water partition coefficient (Wildman–Crippen LogP) is -0.251. The van der Waals surface area contributed by atoms with E-state index in [0.717, 1.165) is 0 Å². The normalized spacial score (nSPS) is 12.8. The van der Waals surface area contributed by atoms with Gasteiger partial charge in [-0.3, -0.25) is 9.59 Å². The van der Waals surface area contributed by atoms with Crippen molar-refractivity contribution in [1.29, 1.82) is 0 Å². The molecule has 1 unspecified atom stereocenters. The number of aliphatic hydroxyl groups excluding tert-OH is 2. The summed E-state index contributed by atoms with van der Waals surface area (Å²) < 4.78 is 0. The molecular weight excluding hydrogens is 260 g/mol. The quantitative estimate of drug-likeness (QED) is 0.575. The van der Waals surface area contributed by atoms with Crippen molar-refractivity contribution in [3.8, 4) is 0 Å². The van der Waals surface area contributed by atoms with E-state index in [1.165, 1.54) is 0 Å². The third-order valence-electron chi connectivity index (χ3n) is 3.21. The lowest BCUT2D eigenvalue weighted by Crippen LogP contribution is -2.52. The number of hydrogen-bond donors (Lipinski definition) is 4. The molecule has 0 aliphatic carbocycles. The molecule has 1 rings (SSSR count). The lowest BCUT2D eigenvalue weighted by molar-refractivity contribution is -0.125. The number of nitrogens with two attached hydrogens (primary N) is 1. The number of hydrogen-bond acceptors (Lipinski definition) is 4. The predicted molar refractivity (Wildman–Crippen MR) is 74.1 cm³/mol. The first-order valence-corrected chi connectivity index (χ1v) is 6.26. The average molecular weight is 280 g/mol. The van der Waals surface area contributed by atoms with E-state index in [2.05, 4.69) is 5.32 Å². The van der Waals surface area contributed by atoms with Crippen molar-refractivity contribution < 1.29 is 19.8 Å². The summed E-state index contributed by atoms with van der Waals surface area (Å²) in [7, 11) is 0. The highest BCUT2D eigenvalue weighted by Gasteiger charge is 2.27. The molecule has 0 heterocycles. The molecule has 0 saturated carbocycles. The molecule has 0 spiro atoms. The maximum Gasteiger partial charge on any atom is 0.248 e. The standard InChI is InChI=1S/C14H20N2O4/c1-9(13(20)16-14(2,7-17)8-18)10-3-5-11(6-4-10)12(15)19/h3-6,9,17-18H,7-8H2,1-2H3,(H2,15,19)(H,16,20). The van der Waals surface area contributed by atoms with Gasteiger partial charge in [-0.1, -0.05) is 12.1 Å². The first-order valence-electron chi connectivity index (χ1n) is 6.26. The number of benzene rings is 1. The fourth-order valence-electron chi connectivity index (χ4n) is 1.62. The molecule has 2 amide bonds. The number of nitrogens with one attached hydrogen (secondary N) is 1. The summed E-state index contributed by atoms with van der Waals surface area (Å²) in [5, 5.41) is 20.9. The molecule has 1 aromatic carbocycles. The zero-order chi connectivity index (χ0) is 15.3. The molecule has 1 aromatic rings. The van der Waals surface area contributed by atoms with Gasteiger partial charge in [0.2, 0.25) is 11.8 Å². The number of carbonyl (C=O) groups is 2. The zero-order valence-corrected chi connectivity index (χ0v) is 11.6. The Morgan fingerprint density at radius 3 is 2.15 bits per heavy atom. The van der Waals surface area contributed by atoms with Crippen LogP contribution in [0.2, 0.25) is 0 Å². The molecule has 6 nitrogen and oxygen atoms in total. The van der Waals surface area contributed by atoms with Crippen LogP contribution in [0.4, 0.5) is 0 Å². The fraction of sp³-hybridized carbons (Fsp3) is 0.429. The summed E-state index contributed by atoms with van der Waals surface area (Å²) in [6, 6.07) is 6.41. The second-order valence-corrected chi connectivity index (χ2v) is 5.07. The molecule has 5 N–H and O–H groups in total. The SMILES string of the molecule is CC(C(=O)NC(C)(CO)CO)c1ccc(C(N)=O)cc1. The molecule has 20 heavy (non-hydrogen) atoms. The second kappa shape index (κ2) is 6.49. The Morgan fingerprint density at radius 1 is 1.25 bits per heavy atom. The maximum absolute atomic E-state index is 12.1. The van der Waals surface area contributed by atoms with Crippen LogP contribution < -0.4 is 11.1 Å². The van der Waals surface area contributed by atoms with Crippen molar-refractivity contribution in [1.82, 2.24) is 5.32 Å². The van der Waals surface area contributed by atoms with Crippen LogP contribution >= 0.6 is 0 Å². The number of rotatable bonds is 6. The first-order chi connectivity index (χ1) is 9.33. The van der Waals surface area contributed by atoms with Crippen molar-refractivity contribution >= 4 is 11.8 Å². The lowest BCUT2D eigenvalue weighted by atomic mass is 9.96. The van der Waals surface area contributed by atoms with E-state index in [-0.39, 0.29) is 19.1 Å². The van der Waals surface area contributed by atoms with Gasteiger partial charge in [0.25, 0.3) is 0 Å². The van der Waals surface area contributed by atoms with Gasteiger partial charge < -0.3 is 21.3 Å². The molecule has 0 aliphatic rings. The number of carbonyl (C=O) groups excluding carboxylic acids is 2. The third kappa shape index (κ3) is 3.79. The van der Waals surface area contributed by atoms with Crippen LogP contribution in [-0.4, -0.2) is 40.8 Å². The minimum atomic E-state index is -1.06. The number of aliphatic hydroxyl groups is 2. The Hall–Kier alpha value is -1.92. The summed E-state index contributed by atoms with van der Waals surface area (Å²) in [5.41, 5.74) is 5.17. The lowest BCUT2D eigenvalue weighted by Gasteiger charge is -2.28. The highest BCUT2D eigenvalue weighted by molar-refractivity contribution is 5.93. The first kappa shape index (κ1) is 16.1. The Morgan fingerprint density at radius 2 is 1.75 bits per heavy atom. The van der Waals surface area contributed by atoms with Crippen molar-refractivity contribution in [3.63, 3.8) is 0 Å². The van der Waals surface area contributed by atoms with Gasteiger partial charge in [0, 0.05) is 5.56 Å². The smallest absolute Gasteiger partial charge is 0.248 e. The van der Waals surface area contributed by atoms with Gasteiger partial charge in [0.15, 0.2) is 0 Å². The Kier molecular flexibility index (Phi) is 5.24. The summed E-state index contributed by atoms with van der Waals surface area (Å²) in [6.45, 7) is 2.53. The van der Waals surface area contributed by atoms with Crippen molar-refractivity contribution in [2.75, 3.05) is 13.2 Å². The van der Waals surface area contributed by atoms with Crippen LogP contribution in [-0.2, 0) is 4.79 Å². The summed E-state index contributed by atoms with van der Waals surface area (Å²) in [6.07, 6.45) is 0. The van der Waals surface area contributed by atoms with Gasteiger partial charge in [-0.05, 0) is 31.5 Å². The zero-order valence-electron chi connectivity index (χ0n) is 11.6. The van der Waals surface area contributed by atoms with Gasteiger partial charge in [-0.2, -0.15) is 0 Å². The summed E-state index contributed by atoms with van der Waals surface area (Å²) >= 11 is 0. The molecule has 0 saturated heterocycles. The van der Waals surface area contributed by atoms with E-state index in [1.54, 1.807) is 38.1 Å². The van der Waals surface area contributed by atoms with Gasteiger partial charge in [0.1, 0.15) is 0 Å². The van der Waals surface area contributed by atoms with Crippen LogP contribution in [0.25, 0.3) is 0 Å². The molecule has 0 fully saturated rings. The summed E-state index contributed by atoms with van der Waals surface area (Å²) in [5.74, 6) is -1.32. The minimum absolute atomic E-state index is 0.317. The van der Waals surface area contributed by atoms with Crippen LogP contribution in [0.3, 0.4) is 0 Å². The van der Waals surface area contributed by atoms with E-state index < -0.39 is 17.4 Å². The van der Waals surface area contributed by atoms with Crippen LogP contribution in [0.1, 0.15) is 35.7 Å². The molecule has 0 aromatic heterocycles. The van der Waals surface area contributed by atoms with E-state index in [9.17, 15) is 9.59 Å². The molecule has 0 bridgehead atoms. The summed E-state index contributed by atoms with van der Waals surface area (Å²) in [4.78, 5) is 23.0. The molecule has 110 valence electrons. The highest BCUT2D eigenvalue weighted by atomic mass is 16.3. The molecular formula is C14H20N2O4. The molecule has 6 heteroatoms. The molecule has 0 radical (unpaired) electrons. The van der Waals surface area contributed by atoms with Crippen molar-refractivity contribution in [2.45, 2.75) is 25.3 Å². The second-order valence-electron chi connectivity index (χ2n) is 5.07. The van der Waals surface area contributed by atoms with E-state index in [4.69, 9.17) is 15.9 Å². The van der Waals surface area contributed by atoms with E-state index in [1.807, 2.05) is 0 Å². The van der Waals surface area contributed by atoms with Gasteiger partial charge in [-0.25, -0.2) is 0 Å². The topological polar surface area (TPSA) is 113 Å². The van der Waals surface area contributed by atoms with E-state index in [0.29, 0.717) is 11.1 Å². The minimum Gasteiger partial charge on any atom is -0.394 e. The van der Waals surface area contributed by atoms with Crippen LogP contribution in [0.15, 0.2) is 24.3 Å². The van der Waals surface area contributed by atoms with Crippen molar-refractivity contribution in [2.24, 2.45) is 5.73 Å².